The maximum absolute atomic E-state index is 12.3. The van der Waals surface area contributed by atoms with Crippen LogP contribution in [0.2, 0.25) is 0 Å². The van der Waals surface area contributed by atoms with E-state index in [0.29, 0.717) is 5.75 Å². The number of carbonyl (C=O) groups excluding carboxylic acids is 1. The lowest BCUT2D eigenvalue weighted by atomic mass is 10.1. The molecule has 1 aliphatic heterocycles. The van der Waals surface area contributed by atoms with E-state index in [-0.39, 0.29) is 11.5 Å². The molecule has 0 aromatic heterocycles. The monoisotopic (exact) mass is 291 g/mol. The number of aromatic carboxylic acids is 1. The highest BCUT2D eigenvalue weighted by molar-refractivity contribution is 5.88. The summed E-state index contributed by atoms with van der Waals surface area (Å²) in [4.78, 5) is 25.1. The molecule has 1 unspecified atom stereocenters. The fourth-order valence-corrected chi connectivity index (χ4v) is 2.68. The first-order valence-electron chi connectivity index (χ1n) is 7.20. The molecule has 1 amide bonds. The van der Waals surface area contributed by atoms with Crippen molar-refractivity contribution in [2.45, 2.75) is 39.7 Å². The number of benzene rings is 1. The minimum atomic E-state index is -0.964. The van der Waals surface area contributed by atoms with Gasteiger partial charge in [0.1, 0.15) is 5.75 Å². The third-order valence-electron chi connectivity index (χ3n) is 3.77. The van der Waals surface area contributed by atoms with Crippen LogP contribution in [-0.4, -0.2) is 41.1 Å². The van der Waals surface area contributed by atoms with E-state index in [1.165, 1.54) is 0 Å². The molecule has 114 valence electrons. The number of rotatable bonds is 4. The van der Waals surface area contributed by atoms with Gasteiger partial charge in [0.15, 0.2) is 6.10 Å². The summed E-state index contributed by atoms with van der Waals surface area (Å²) < 4.78 is 5.80. The molecule has 0 spiro atoms. The minimum Gasteiger partial charge on any atom is -0.480 e. The number of carboxylic acids is 1. The highest BCUT2D eigenvalue weighted by Crippen LogP contribution is 2.26. The summed E-state index contributed by atoms with van der Waals surface area (Å²) in [6.07, 6.45) is 1.53. The molecule has 5 nitrogen and oxygen atoms in total. The molecule has 2 rings (SSSR count). The SMILES string of the molecule is Cc1cc(C(=O)O)cc(C)c1OC(C)C(=O)N1CCCC1. The summed E-state index contributed by atoms with van der Waals surface area (Å²) in [7, 11) is 0. The Balaban J connectivity index is 2.15. The molecule has 1 aromatic carbocycles. The maximum atomic E-state index is 12.3. The van der Waals surface area contributed by atoms with Gasteiger partial charge in [-0.2, -0.15) is 0 Å². The van der Waals surface area contributed by atoms with Gasteiger partial charge in [-0.1, -0.05) is 0 Å². The second-order valence-electron chi connectivity index (χ2n) is 5.54. The number of hydrogen-bond donors (Lipinski definition) is 1. The van der Waals surface area contributed by atoms with Crippen LogP contribution in [0.15, 0.2) is 12.1 Å². The van der Waals surface area contributed by atoms with Crippen LogP contribution in [0.25, 0.3) is 0 Å². The molecule has 1 fully saturated rings. The number of amides is 1. The molecule has 0 radical (unpaired) electrons. The van der Waals surface area contributed by atoms with Crippen molar-refractivity contribution >= 4 is 11.9 Å². The molecule has 1 atom stereocenters. The van der Waals surface area contributed by atoms with Gasteiger partial charge >= 0.3 is 5.97 Å². The Morgan fingerprint density at radius 2 is 1.71 bits per heavy atom. The van der Waals surface area contributed by atoms with E-state index in [0.717, 1.165) is 37.1 Å². The molecule has 0 bridgehead atoms. The number of carbonyl (C=O) groups is 2. The zero-order valence-electron chi connectivity index (χ0n) is 12.7. The second-order valence-corrected chi connectivity index (χ2v) is 5.54. The third-order valence-corrected chi connectivity index (χ3v) is 3.77. The number of aryl methyl sites for hydroxylation is 2. The molecule has 1 saturated heterocycles. The standard InChI is InChI=1S/C16H21NO4/c1-10-8-13(16(19)20)9-11(2)14(10)21-12(3)15(18)17-6-4-5-7-17/h8-9,12H,4-7H2,1-3H3,(H,19,20). The molecule has 5 heteroatoms. The van der Waals surface area contributed by atoms with E-state index < -0.39 is 12.1 Å². The van der Waals surface area contributed by atoms with Crippen LogP contribution in [-0.2, 0) is 4.79 Å². The van der Waals surface area contributed by atoms with E-state index in [1.807, 2.05) is 4.90 Å². The fraction of sp³-hybridized carbons (Fsp3) is 0.500. The van der Waals surface area contributed by atoms with Crippen LogP contribution in [0.4, 0.5) is 0 Å². The van der Waals surface area contributed by atoms with Crippen LogP contribution in [0.3, 0.4) is 0 Å². The Morgan fingerprint density at radius 3 is 2.19 bits per heavy atom. The molecule has 1 heterocycles. The predicted octanol–water partition coefficient (Wildman–Crippen LogP) is 2.39. The van der Waals surface area contributed by atoms with Crippen molar-refractivity contribution in [3.63, 3.8) is 0 Å². The molecule has 0 saturated carbocycles. The first-order chi connectivity index (χ1) is 9.90. The second kappa shape index (κ2) is 6.16. The first-order valence-corrected chi connectivity index (χ1v) is 7.20. The smallest absolute Gasteiger partial charge is 0.335 e. The average molecular weight is 291 g/mol. The largest absolute Gasteiger partial charge is 0.480 e. The molecule has 1 N–H and O–H groups in total. The van der Waals surface area contributed by atoms with Crippen molar-refractivity contribution < 1.29 is 19.4 Å². The predicted molar refractivity (Wildman–Crippen MR) is 78.8 cm³/mol. The normalized spacial score (nSPS) is 15.9. The van der Waals surface area contributed by atoms with Gasteiger partial charge in [-0.15, -0.1) is 0 Å². The minimum absolute atomic E-state index is 0.00592. The summed E-state index contributed by atoms with van der Waals surface area (Å²) >= 11 is 0. The van der Waals surface area contributed by atoms with Crippen molar-refractivity contribution in [2.75, 3.05) is 13.1 Å². The van der Waals surface area contributed by atoms with E-state index in [9.17, 15) is 9.59 Å². The molecule has 1 aromatic rings. The fourth-order valence-electron chi connectivity index (χ4n) is 2.68. The molecule has 21 heavy (non-hydrogen) atoms. The first kappa shape index (κ1) is 15.4. The molecule has 1 aliphatic rings. The van der Waals surface area contributed by atoms with Crippen LogP contribution in [0.5, 0.6) is 5.75 Å². The van der Waals surface area contributed by atoms with Gasteiger partial charge in [-0.3, -0.25) is 4.79 Å². The number of hydrogen-bond acceptors (Lipinski definition) is 3. The van der Waals surface area contributed by atoms with Crippen LogP contribution >= 0.6 is 0 Å². The van der Waals surface area contributed by atoms with Crippen LogP contribution < -0.4 is 4.74 Å². The van der Waals surface area contributed by atoms with Gasteiger partial charge < -0.3 is 14.7 Å². The van der Waals surface area contributed by atoms with Gasteiger partial charge in [0, 0.05) is 13.1 Å². The van der Waals surface area contributed by atoms with E-state index >= 15 is 0 Å². The lowest BCUT2D eigenvalue weighted by Crippen LogP contribution is -2.38. The maximum Gasteiger partial charge on any atom is 0.335 e. The summed E-state index contributed by atoms with van der Waals surface area (Å²) in [5.74, 6) is -0.373. The van der Waals surface area contributed by atoms with E-state index in [1.54, 1.807) is 32.9 Å². The van der Waals surface area contributed by atoms with Crippen molar-refractivity contribution in [3.8, 4) is 5.75 Å². The zero-order valence-corrected chi connectivity index (χ0v) is 12.7. The number of likely N-dealkylation sites (tertiary alicyclic amines) is 1. The van der Waals surface area contributed by atoms with Crippen molar-refractivity contribution in [1.29, 1.82) is 0 Å². The topological polar surface area (TPSA) is 66.8 Å². The average Bonchev–Trinajstić information content (AvgIpc) is 2.95. The number of carboxylic acid groups (broad SMARTS) is 1. The van der Waals surface area contributed by atoms with E-state index in [4.69, 9.17) is 9.84 Å². The Morgan fingerprint density at radius 1 is 1.19 bits per heavy atom. The lowest BCUT2D eigenvalue weighted by molar-refractivity contribution is -0.136. The third kappa shape index (κ3) is 3.35. The van der Waals surface area contributed by atoms with Crippen LogP contribution in [0, 0.1) is 13.8 Å². The van der Waals surface area contributed by atoms with Crippen LogP contribution in [0.1, 0.15) is 41.3 Å². The lowest BCUT2D eigenvalue weighted by Gasteiger charge is -2.23. The van der Waals surface area contributed by atoms with Crippen molar-refractivity contribution in [3.05, 3.63) is 28.8 Å². The summed E-state index contributed by atoms with van der Waals surface area (Å²) in [5.41, 5.74) is 1.69. The Labute approximate surface area is 124 Å². The summed E-state index contributed by atoms with van der Waals surface area (Å²) in [6.45, 7) is 6.92. The van der Waals surface area contributed by atoms with E-state index in [2.05, 4.69) is 0 Å². The van der Waals surface area contributed by atoms with Gasteiger partial charge in [0.05, 0.1) is 5.56 Å². The van der Waals surface area contributed by atoms with Gasteiger partial charge in [0.2, 0.25) is 0 Å². The highest BCUT2D eigenvalue weighted by Gasteiger charge is 2.25. The van der Waals surface area contributed by atoms with Crippen molar-refractivity contribution in [1.82, 2.24) is 4.90 Å². The van der Waals surface area contributed by atoms with Gasteiger partial charge in [0.25, 0.3) is 5.91 Å². The van der Waals surface area contributed by atoms with Gasteiger partial charge in [-0.25, -0.2) is 4.79 Å². The number of nitrogens with zero attached hydrogens (tertiary/aromatic N) is 1. The Kier molecular flexibility index (Phi) is 4.50. The number of ether oxygens (including phenoxy) is 1. The quantitative estimate of drug-likeness (QED) is 0.925. The van der Waals surface area contributed by atoms with Crippen molar-refractivity contribution in [2.24, 2.45) is 0 Å². The molecular formula is C16H21NO4. The molecular weight excluding hydrogens is 270 g/mol. The summed E-state index contributed by atoms with van der Waals surface area (Å²) in [6, 6.07) is 3.13. The molecule has 0 aliphatic carbocycles. The zero-order chi connectivity index (χ0) is 15.6. The Hall–Kier alpha value is -2.04. The van der Waals surface area contributed by atoms with Gasteiger partial charge in [-0.05, 0) is 56.9 Å². The highest BCUT2D eigenvalue weighted by atomic mass is 16.5. The summed E-state index contributed by atoms with van der Waals surface area (Å²) in [5, 5.41) is 9.04. The Bertz CT molecular complexity index is 538.